The SMILES string of the molecule is CC(C)(C)[C@@H]1CCc2oc3c(cc(NS(=O)(=O)c4ccc(Cl)cc4)c4ccccc43)c2C1. The molecule has 0 bridgehead atoms. The Morgan fingerprint density at radius 2 is 1.69 bits per heavy atom. The van der Waals surface area contributed by atoms with Gasteiger partial charge in [-0.15, -0.1) is 0 Å². The van der Waals surface area contributed by atoms with Crippen LogP contribution in [-0.4, -0.2) is 8.42 Å². The number of halogens is 1. The Hall–Kier alpha value is -2.50. The van der Waals surface area contributed by atoms with Crippen molar-refractivity contribution >= 4 is 49.1 Å². The minimum absolute atomic E-state index is 0.174. The van der Waals surface area contributed by atoms with E-state index in [0.29, 0.717) is 16.6 Å². The van der Waals surface area contributed by atoms with Crippen molar-refractivity contribution in [3.05, 3.63) is 70.9 Å². The van der Waals surface area contributed by atoms with E-state index in [0.717, 1.165) is 46.8 Å². The van der Waals surface area contributed by atoms with Gasteiger partial charge in [-0.2, -0.15) is 0 Å². The standard InChI is InChI=1S/C26H26ClNO3S/c1-26(2,3)16-8-13-24-21(14-16)22-15-23(19-6-4-5-7-20(19)25(22)31-24)28-32(29,30)18-11-9-17(27)10-12-18/h4-7,9-12,15-16,28H,8,13-14H2,1-3H3/t16-/m1/s1. The highest BCUT2D eigenvalue weighted by Gasteiger charge is 2.32. The van der Waals surface area contributed by atoms with E-state index in [4.69, 9.17) is 16.0 Å². The summed E-state index contributed by atoms with van der Waals surface area (Å²) in [6, 6.07) is 15.9. The zero-order valence-corrected chi connectivity index (χ0v) is 20.0. The molecule has 0 aliphatic heterocycles. The number of nitrogens with one attached hydrogen (secondary N) is 1. The summed E-state index contributed by atoms with van der Waals surface area (Å²) < 4.78 is 35.4. The zero-order chi connectivity index (χ0) is 22.7. The Labute approximate surface area is 193 Å². The smallest absolute Gasteiger partial charge is 0.261 e. The number of benzene rings is 3. The third-order valence-corrected chi connectivity index (χ3v) is 8.28. The van der Waals surface area contributed by atoms with Crippen molar-refractivity contribution in [2.45, 2.75) is 44.9 Å². The first-order valence-corrected chi connectivity index (χ1v) is 12.7. The third-order valence-electron chi connectivity index (χ3n) is 6.65. The van der Waals surface area contributed by atoms with E-state index >= 15 is 0 Å². The highest BCUT2D eigenvalue weighted by molar-refractivity contribution is 7.92. The Morgan fingerprint density at radius 1 is 1.00 bits per heavy atom. The average molecular weight is 468 g/mol. The Bertz CT molecular complexity index is 1430. The van der Waals surface area contributed by atoms with Crippen molar-refractivity contribution < 1.29 is 12.8 Å². The maximum Gasteiger partial charge on any atom is 0.261 e. The highest BCUT2D eigenvalue weighted by atomic mass is 35.5. The molecule has 0 unspecified atom stereocenters. The molecule has 0 fully saturated rings. The molecule has 4 aromatic rings. The van der Waals surface area contributed by atoms with E-state index in [1.165, 1.54) is 17.7 Å². The van der Waals surface area contributed by atoms with Gasteiger partial charge in [0.2, 0.25) is 0 Å². The molecule has 4 nitrogen and oxygen atoms in total. The highest BCUT2D eigenvalue weighted by Crippen LogP contribution is 2.44. The first kappa shape index (κ1) is 21.4. The minimum atomic E-state index is -3.77. The lowest BCUT2D eigenvalue weighted by atomic mass is 9.71. The van der Waals surface area contributed by atoms with Crippen molar-refractivity contribution in [1.29, 1.82) is 0 Å². The topological polar surface area (TPSA) is 59.3 Å². The molecule has 1 N–H and O–H groups in total. The van der Waals surface area contributed by atoms with Gasteiger partial charge in [0.15, 0.2) is 0 Å². The number of anilines is 1. The van der Waals surface area contributed by atoms with Crippen LogP contribution in [0.4, 0.5) is 5.69 Å². The summed E-state index contributed by atoms with van der Waals surface area (Å²) >= 11 is 5.94. The van der Waals surface area contributed by atoms with Gasteiger partial charge in [-0.1, -0.05) is 56.6 Å². The lowest BCUT2D eigenvalue weighted by molar-refractivity contribution is 0.210. The fraction of sp³-hybridized carbons (Fsp3) is 0.308. The molecular weight excluding hydrogens is 442 g/mol. The summed E-state index contributed by atoms with van der Waals surface area (Å²) in [5, 5.41) is 3.23. The Morgan fingerprint density at radius 3 is 2.38 bits per heavy atom. The molecule has 1 heterocycles. The molecule has 1 aromatic heterocycles. The predicted molar refractivity (Wildman–Crippen MR) is 131 cm³/mol. The molecule has 0 spiro atoms. The largest absolute Gasteiger partial charge is 0.460 e. The summed E-state index contributed by atoms with van der Waals surface area (Å²) in [6.45, 7) is 6.85. The molecule has 5 rings (SSSR count). The second-order valence-electron chi connectivity index (χ2n) is 9.72. The van der Waals surface area contributed by atoms with Crippen molar-refractivity contribution in [1.82, 2.24) is 0 Å². The van der Waals surface area contributed by atoms with E-state index in [-0.39, 0.29) is 10.3 Å². The fourth-order valence-electron chi connectivity index (χ4n) is 4.74. The van der Waals surface area contributed by atoms with E-state index in [2.05, 4.69) is 25.5 Å². The van der Waals surface area contributed by atoms with Crippen LogP contribution in [0.1, 0.15) is 38.5 Å². The molecule has 0 amide bonds. The third kappa shape index (κ3) is 3.67. The summed E-state index contributed by atoms with van der Waals surface area (Å²) in [6.07, 6.45) is 2.95. The molecule has 3 aromatic carbocycles. The normalized spacial score (nSPS) is 16.9. The fourth-order valence-corrected chi connectivity index (χ4v) is 5.94. The van der Waals surface area contributed by atoms with E-state index in [1.807, 2.05) is 30.3 Å². The van der Waals surface area contributed by atoms with Gasteiger partial charge >= 0.3 is 0 Å². The van der Waals surface area contributed by atoms with Gasteiger partial charge < -0.3 is 4.42 Å². The zero-order valence-electron chi connectivity index (χ0n) is 18.4. The van der Waals surface area contributed by atoms with Gasteiger partial charge in [0.1, 0.15) is 11.3 Å². The van der Waals surface area contributed by atoms with Crippen LogP contribution in [0, 0.1) is 11.3 Å². The van der Waals surface area contributed by atoms with Gasteiger partial charge in [0, 0.05) is 33.2 Å². The van der Waals surface area contributed by atoms with E-state index in [9.17, 15) is 8.42 Å². The first-order valence-electron chi connectivity index (χ1n) is 10.9. The molecular formula is C26H26ClNO3S. The number of hydrogen-bond acceptors (Lipinski definition) is 3. The van der Waals surface area contributed by atoms with Gasteiger partial charge in [0.05, 0.1) is 10.6 Å². The van der Waals surface area contributed by atoms with Gasteiger partial charge in [-0.25, -0.2) is 8.42 Å². The van der Waals surface area contributed by atoms with Gasteiger partial charge in [0.25, 0.3) is 10.0 Å². The van der Waals surface area contributed by atoms with Crippen LogP contribution in [-0.2, 0) is 22.9 Å². The van der Waals surface area contributed by atoms with Crippen LogP contribution >= 0.6 is 11.6 Å². The number of furan rings is 1. The van der Waals surface area contributed by atoms with Crippen LogP contribution in [0.2, 0.25) is 5.02 Å². The second kappa shape index (κ2) is 7.53. The second-order valence-corrected chi connectivity index (χ2v) is 11.8. The molecule has 1 atom stereocenters. The number of hydrogen-bond donors (Lipinski definition) is 1. The quantitative estimate of drug-likeness (QED) is 0.346. The van der Waals surface area contributed by atoms with Crippen LogP contribution < -0.4 is 4.72 Å². The number of aryl methyl sites for hydroxylation is 1. The van der Waals surface area contributed by atoms with Crippen LogP contribution in [0.25, 0.3) is 21.7 Å². The van der Waals surface area contributed by atoms with Crippen molar-refractivity contribution in [2.24, 2.45) is 11.3 Å². The molecule has 0 saturated heterocycles. The molecule has 1 aliphatic rings. The van der Waals surface area contributed by atoms with Crippen molar-refractivity contribution in [3.8, 4) is 0 Å². The molecule has 0 radical (unpaired) electrons. The maximum absolute atomic E-state index is 13.1. The number of fused-ring (bicyclic) bond motifs is 5. The molecule has 32 heavy (non-hydrogen) atoms. The predicted octanol–water partition coefficient (Wildman–Crippen LogP) is 7.19. The Balaban J connectivity index is 1.67. The minimum Gasteiger partial charge on any atom is -0.460 e. The van der Waals surface area contributed by atoms with Gasteiger partial charge in [-0.3, -0.25) is 4.72 Å². The summed E-state index contributed by atoms with van der Waals surface area (Å²) in [5.41, 5.74) is 2.82. The molecule has 166 valence electrons. The lowest BCUT2D eigenvalue weighted by Gasteiger charge is -2.33. The van der Waals surface area contributed by atoms with Crippen molar-refractivity contribution in [3.63, 3.8) is 0 Å². The van der Waals surface area contributed by atoms with Crippen LogP contribution in [0.5, 0.6) is 0 Å². The molecule has 6 heteroatoms. The maximum atomic E-state index is 13.1. The van der Waals surface area contributed by atoms with E-state index < -0.39 is 10.0 Å². The average Bonchev–Trinajstić information content (AvgIpc) is 3.11. The summed E-state index contributed by atoms with van der Waals surface area (Å²) in [4.78, 5) is 0.174. The summed E-state index contributed by atoms with van der Waals surface area (Å²) in [5.74, 6) is 1.58. The lowest BCUT2D eigenvalue weighted by Crippen LogP contribution is -2.26. The van der Waals surface area contributed by atoms with Gasteiger partial charge in [-0.05, 0) is 54.5 Å². The molecule has 0 saturated carbocycles. The molecule has 1 aliphatic carbocycles. The van der Waals surface area contributed by atoms with Crippen LogP contribution in [0.15, 0.2) is 63.9 Å². The number of rotatable bonds is 3. The van der Waals surface area contributed by atoms with Crippen LogP contribution in [0.3, 0.4) is 0 Å². The Kier molecular flexibility index (Phi) is 5.02. The monoisotopic (exact) mass is 467 g/mol. The number of sulfonamides is 1. The van der Waals surface area contributed by atoms with Crippen molar-refractivity contribution in [2.75, 3.05) is 4.72 Å². The van der Waals surface area contributed by atoms with E-state index in [1.54, 1.807) is 12.1 Å². The first-order chi connectivity index (χ1) is 15.1. The summed E-state index contributed by atoms with van der Waals surface area (Å²) in [7, 11) is -3.77.